The molecule has 1 aliphatic heterocycles. The van der Waals surface area contributed by atoms with Crippen LogP contribution in [-0.2, 0) is 4.79 Å². The summed E-state index contributed by atoms with van der Waals surface area (Å²) in [6, 6.07) is 0.748. The second-order valence-electron chi connectivity index (χ2n) is 3.53. The van der Waals surface area contributed by atoms with Crippen molar-refractivity contribution in [3.63, 3.8) is 0 Å². The Morgan fingerprint density at radius 2 is 2.09 bits per heavy atom. The molecule has 62 valence electrons. The molecule has 1 saturated carbocycles. The predicted molar refractivity (Wildman–Crippen MR) is 41.9 cm³/mol. The number of likely N-dealkylation sites (tertiary alicyclic amines) is 1. The van der Waals surface area contributed by atoms with Crippen molar-refractivity contribution in [1.82, 2.24) is 4.90 Å². The van der Waals surface area contributed by atoms with Crippen molar-refractivity contribution >= 4 is 5.91 Å². The molecule has 1 aliphatic carbocycles. The third-order valence-corrected chi connectivity index (χ3v) is 2.64. The van der Waals surface area contributed by atoms with Crippen molar-refractivity contribution in [3.8, 4) is 0 Å². The number of hydrogen-bond donors (Lipinski definition) is 1. The monoisotopic (exact) mass is 154 g/mol. The maximum absolute atomic E-state index is 10.9. The number of carbonyl (C=O) groups excluding carboxylic acids is 1. The van der Waals surface area contributed by atoms with Gasteiger partial charge in [0.2, 0.25) is 5.91 Å². The fourth-order valence-electron chi connectivity index (χ4n) is 1.94. The summed E-state index contributed by atoms with van der Waals surface area (Å²) in [5.74, 6) is -0.130. The van der Waals surface area contributed by atoms with Crippen LogP contribution < -0.4 is 5.73 Å². The van der Waals surface area contributed by atoms with E-state index in [1.807, 2.05) is 0 Å². The van der Waals surface area contributed by atoms with Crippen LogP contribution in [0.5, 0.6) is 0 Å². The number of amides is 1. The molecule has 0 spiro atoms. The molecule has 0 unspecified atom stereocenters. The minimum atomic E-state index is -0.130. The molecule has 0 aromatic heterocycles. The molecule has 1 heterocycles. The Morgan fingerprint density at radius 1 is 1.36 bits per heavy atom. The lowest BCUT2D eigenvalue weighted by Crippen LogP contribution is -2.41. The molecule has 0 aromatic rings. The van der Waals surface area contributed by atoms with Gasteiger partial charge in [-0.25, -0.2) is 0 Å². The first-order chi connectivity index (χ1) is 5.29. The van der Waals surface area contributed by atoms with Gasteiger partial charge in [0.25, 0.3) is 0 Å². The van der Waals surface area contributed by atoms with Gasteiger partial charge in [-0.15, -0.1) is 0 Å². The summed E-state index contributed by atoms with van der Waals surface area (Å²) >= 11 is 0. The first-order valence-corrected chi connectivity index (χ1v) is 4.34. The highest BCUT2D eigenvalue weighted by Gasteiger charge is 2.38. The fraction of sp³-hybridized carbons (Fsp3) is 0.875. The number of nitrogens with zero attached hydrogens (tertiary/aromatic N) is 1. The Morgan fingerprint density at radius 3 is 2.64 bits per heavy atom. The van der Waals surface area contributed by atoms with Gasteiger partial charge in [0.15, 0.2) is 0 Å². The molecular formula is C8H14N2O. The van der Waals surface area contributed by atoms with E-state index in [9.17, 15) is 4.79 Å². The van der Waals surface area contributed by atoms with E-state index in [1.165, 1.54) is 12.8 Å². The lowest BCUT2D eigenvalue weighted by molar-refractivity contribution is -0.122. The summed E-state index contributed by atoms with van der Waals surface area (Å²) < 4.78 is 0. The summed E-state index contributed by atoms with van der Waals surface area (Å²) in [5.41, 5.74) is 5.27. The molecule has 1 atom stereocenters. The number of hydrogen-bond acceptors (Lipinski definition) is 2. The normalized spacial score (nSPS) is 32.5. The van der Waals surface area contributed by atoms with E-state index in [-0.39, 0.29) is 11.9 Å². The molecule has 3 nitrogen and oxygen atoms in total. The quantitative estimate of drug-likeness (QED) is 0.613. The zero-order valence-electron chi connectivity index (χ0n) is 6.62. The molecule has 0 aromatic carbocycles. The van der Waals surface area contributed by atoms with Gasteiger partial charge in [-0.3, -0.25) is 9.69 Å². The zero-order valence-corrected chi connectivity index (χ0v) is 6.62. The third kappa shape index (κ3) is 1.25. The number of primary amides is 1. The minimum absolute atomic E-state index is 0.0579. The van der Waals surface area contributed by atoms with Crippen molar-refractivity contribution < 1.29 is 4.79 Å². The summed E-state index contributed by atoms with van der Waals surface area (Å²) in [7, 11) is 0. The van der Waals surface area contributed by atoms with Crippen molar-refractivity contribution in [2.75, 3.05) is 6.54 Å². The van der Waals surface area contributed by atoms with Gasteiger partial charge in [-0.1, -0.05) is 0 Å². The molecule has 11 heavy (non-hydrogen) atoms. The Hall–Kier alpha value is -0.570. The molecule has 2 fully saturated rings. The van der Waals surface area contributed by atoms with Gasteiger partial charge in [-0.05, 0) is 32.2 Å². The maximum Gasteiger partial charge on any atom is 0.234 e. The predicted octanol–water partition coefficient (Wildman–Crippen LogP) is 0.0985. The van der Waals surface area contributed by atoms with E-state index in [0.717, 1.165) is 19.4 Å². The van der Waals surface area contributed by atoms with Crippen LogP contribution in [0.3, 0.4) is 0 Å². The van der Waals surface area contributed by atoms with Crippen LogP contribution in [-0.4, -0.2) is 29.4 Å². The van der Waals surface area contributed by atoms with E-state index in [0.29, 0.717) is 6.04 Å². The topological polar surface area (TPSA) is 46.3 Å². The molecule has 0 radical (unpaired) electrons. The molecular weight excluding hydrogens is 140 g/mol. The van der Waals surface area contributed by atoms with Crippen LogP contribution in [0, 0.1) is 0 Å². The lowest BCUT2D eigenvalue weighted by atomic mass is 10.2. The molecule has 2 N–H and O–H groups in total. The zero-order chi connectivity index (χ0) is 7.84. The molecule has 0 bridgehead atoms. The standard InChI is InChI=1S/C8H14N2O/c9-8(11)7-2-1-5-10(7)6-3-4-6/h6-7H,1-5H2,(H2,9,11)/t7-/m1/s1. The summed E-state index contributed by atoms with van der Waals surface area (Å²) in [6.45, 7) is 1.08. The highest BCUT2D eigenvalue weighted by Crippen LogP contribution is 2.32. The van der Waals surface area contributed by atoms with Gasteiger partial charge in [0.1, 0.15) is 0 Å². The third-order valence-electron chi connectivity index (χ3n) is 2.64. The molecule has 1 amide bonds. The van der Waals surface area contributed by atoms with E-state index < -0.39 is 0 Å². The van der Waals surface area contributed by atoms with Gasteiger partial charge in [-0.2, -0.15) is 0 Å². The number of carbonyl (C=O) groups is 1. The average molecular weight is 154 g/mol. The molecule has 1 saturated heterocycles. The smallest absolute Gasteiger partial charge is 0.234 e. The van der Waals surface area contributed by atoms with Gasteiger partial charge in [0, 0.05) is 6.04 Å². The molecule has 2 rings (SSSR count). The first kappa shape index (κ1) is 7.10. The molecule has 2 aliphatic rings. The van der Waals surface area contributed by atoms with Crippen LogP contribution >= 0.6 is 0 Å². The van der Waals surface area contributed by atoms with Crippen molar-refractivity contribution in [3.05, 3.63) is 0 Å². The van der Waals surface area contributed by atoms with Crippen LogP contribution in [0.15, 0.2) is 0 Å². The SMILES string of the molecule is NC(=O)[C@H]1CCCN1C1CC1. The average Bonchev–Trinajstić information content (AvgIpc) is 2.68. The number of rotatable bonds is 2. The highest BCUT2D eigenvalue weighted by molar-refractivity contribution is 5.80. The van der Waals surface area contributed by atoms with Gasteiger partial charge >= 0.3 is 0 Å². The van der Waals surface area contributed by atoms with Gasteiger partial charge in [0.05, 0.1) is 6.04 Å². The van der Waals surface area contributed by atoms with Crippen molar-refractivity contribution in [2.24, 2.45) is 5.73 Å². The molecule has 3 heteroatoms. The van der Waals surface area contributed by atoms with Crippen LogP contribution in [0.4, 0.5) is 0 Å². The Labute approximate surface area is 66.5 Å². The maximum atomic E-state index is 10.9. The minimum Gasteiger partial charge on any atom is -0.368 e. The van der Waals surface area contributed by atoms with Crippen LogP contribution in [0.25, 0.3) is 0 Å². The first-order valence-electron chi connectivity index (χ1n) is 4.34. The Bertz CT molecular complexity index is 177. The second-order valence-corrected chi connectivity index (χ2v) is 3.53. The van der Waals surface area contributed by atoms with E-state index in [2.05, 4.69) is 4.90 Å². The highest BCUT2D eigenvalue weighted by atomic mass is 16.1. The lowest BCUT2D eigenvalue weighted by Gasteiger charge is -2.20. The van der Waals surface area contributed by atoms with E-state index in [4.69, 9.17) is 5.73 Å². The Balaban J connectivity index is 2.01. The van der Waals surface area contributed by atoms with Crippen molar-refractivity contribution in [2.45, 2.75) is 37.8 Å². The second kappa shape index (κ2) is 2.48. The number of nitrogens with two attached hydrogens (primary N) is 1. The van der Waals surface area contributed by atoms with E-state index >= 15 is 0 Å². The summed E-state index contributed by atoms with van der Waals surface area (Å²) in [6.07, 6.45) is 4.66. The van der Waals surface area contributed by atoms with Crippen LogP contribution in [0.1, 0.15) is 25.7 Å². The summed E-state index contributed by atoms with van der Waals surface area (Å²) in [5, 5.41) is 0. The van der Waals surface area contributed by atoms with Gasteiger partial charge < -0.3 is 5.73 Å². The summed E-state index contributed by atoms with van der Waals surface area (Å²) in [4.78, 5) is 13.2. The Kier molecular flexibility index (Phi) is 1.60. The van der Waals surface area contributed by atoms with E-state index in [1.54, 1.807) is 0 Å². The van der Waals surface area contributed by atoms with Crippen molar-refractivity contribution in [1.29, 1.82) is 0 Å². The largest absolute Gasteiger partial charge is 0.368 e. The van der Waals surface area contributed by atoms with Crippen LogP contribution in [0.2, 0.25) is 0 Å². The fourth-order valence-corrected chi connectivity index (χ4v) is 1.94.